The van der Waals surface area contributed by atoms with Crippen molar-refractivity contribution in [2.45, 2.75) is 16.7 Å². The summed E-state index contributed by atoms with van der Waals surface area (Å²) < 4.78 is 16.2. The van der Waals surface area contributed by atoms with Crippen molar-refractivity contribution < 1.29 is 19.0 Å². The number of nitrogens with zero attached hydrogens (tertiary/aromatic N) is 2. The highest BCUT2D eigenvalue weighted by atomic mass is 32.2. The van der Waals surface area contributed by atoms with Crippen molar-refractivity contribution in [3.8, 4) is 17.2 Å². The fourth-order valence-electron chi connectivity index (χ4n) is 5.16. The number of carbonyl (C=O) groups excluding carboxylic acids is 1. The van der Waals surface area contributed by atoms with Gasteiger partial charge in [0.15, 0.2) is 11.5 Å². The van der Waals surface area contributed by atoms with Crippen LogP contribution in [0.5, 0.6) is 17.2 Å². The van der Waals surface area contributed by atoms with Crippen LogP contribution in [0.1, 0.15) is 28.3 Å². The van der Waals surface area contributed by atoms with Gasteiger partial charge in [0.25, 0.3) is 0 Å². The minimum absolute atomic E-state index is 0.00521. The standard InChI is InChI=1S/C30H32N2O4S/c1-34-25-18-21(19-26(35-2)30(25)36-3)12-13-28(33)31-14-16-32(17-15-31)29-23-9-5-4-8-22(23)20-37-27-11-7-6-10-24(27)29/h4-13,18-19,29H,14-17,20H2,1-3H3. The van der Waals surface area contributed by atoms with Crippen molar-refractivity contribution in [3.05, 3.63) is 89.0 Å². The Bertz CT molecular complexity index is 1230. The molecule has 0 bridgehead atoms. The number of piperazine rings is 1. The maximum atomic E-state index is 13.1. The van der Waals surface area contributed by atoms with Gasteiger partial charge in [0.2, 0.25) is 11.7 Å². The van der Waals surface area contributed by atoms with Crippen LogP contribution in [0, 0.1) is 0 Å². The Morgan fingerprint density at radius 1 is 0.865 bits per heavy atom. The van der Waals surface area contributed by atoms with E-state index in [0.29, 0.717) is 30.3 Å². The van der Waals surface area contributed by atoms with Gasteiger partial charge >= 0.3 is 0 Å². The van der Waals surface area contributed by atoms with Gasteiger partial charge in [-0.2, -0.15) is 0 Å². The average Bonchev–Trinajstić information content (AvgIpc) is 3.12. The number of carbonyl (C=O) groups is 1. The third-order valence-corrected chi connectivity index (χ3v) is 8.18. The lowest BCUT2D eigenvalue weighted by molar-refractivity contribution is -0.127. The van der Waals surface area contributed by atoms with E-state index in [4.69, 9.17) is 14.2 Å². The summed E-state index contributed by atoms with van der Waals surface area (Å²) in [5.74, 6) is 2.64. The largest absolute Gasteiger partial charge is 0.493 e. The maximum absolute atomic E-state index is 13.1. The fraction of sp³-hybridized carbons (Fsp3) is 0.300. The Balaban J connectivity index is 1.31. The number of hydrogen-bond acceptors (Lipinski definition) is 6. The minimum atomic E-state index is 0.00521. The van der Waals surface area contributed by atoms with Crippen molar-refractivity contribution >= 4 is 23.7 Å². The van der Waals surface area contributed by atoms with E-state index in [0.717, 1.165) is 24.4 Å². The van der Waals surface area contributed by atoms with Crippen LogP contribution in [0.4, 0.5) is 0 Å². The molecule has 2 heterocycles. The van der Waals surface area contributed by atoms with Gasteiger partial charge in [-0.15, -0.1) is 11.8 Å². The zero-order chi connectivity index (χ0) is 25.8. The summed E-state index contributed by atoms with van der Waals surface area (Å²) in [5, 5.41) is 0. The molecule has 37 heavy (non-hydrogen) atoms. The molecule has 5 rings (SSSR count). The Morgan fingerprint density at radius 2 is 1.51 bits per heavy atom. The SMILES string of the molecule is COc1cc(C=CC(=O)N2CCN(C3c4ccccc4CSc4ccccc43)CC2)cc(OC)c1OC. The first-order valence-electron chi connectivity index (χ1n) is 12.4. The molecule has 192 valence electrons. The Hall–Kier alpha value is -3.42. The fourth-order valence-corrected chi connectivity index (χ4v) is 6.25. The molecule has 3 aromatic carbocycles. The van der Waals surface area contributed by atoms with E-state index in [2.05, 4.69) is 53.4 Å². The highest BCUT2D eigenvalue weighted by molar-refractivity contribution is 7.98. The number of rotatable bonds is 6. The lowest BCUT2D eigenvalue weighted by atomic mass is 9.93. The summed E-state index contributed by atoms with van der Waals surface area (Å²) in [6.07, 6.45) is 3.43. The number of thioether (sulfide) groups is 1. The molecule has 1 saturated heterocycles. The lowest BCUT2D eigenvalue weighted by Gasteiger charge is -2.40. The van der Waals surface area contributed by atoms with Crippen LogP contribution >= 0.6 is 11.8 Å². The molecule has 6 nitrogen and oxygen atoms in total. The zero-order valence-corrected chi connectivity index (χ0v) is 22.3. The summed E-state index contributed by atoms with van der Waals surface area (Å²) in [4.78, 5) is 18.9. The predicted octanol–water partition coefficient (Wildman–Crippen LogP) is 5.27. The van der Waals surface area contributed by atoms with Crippen LogP contribution in [-0.2, 0) is 10.5 Å². The minimum Gasteiger partial charge on any atom is -0.493 e. The van der Waals surface area contributed by atoms with E-state index in [9.17, 15) is 4.79 Å². The molecule has 3 aromatic rings. The second kappa shape index (κ2) is 11.3. The van der Waals surface area contributed by atoms with Crippen LogP contribution in [0.15, 0.2) is 71.6 Å². The van der Waals surface area contributed by atoms with Gasteiger partial charge in [0.05, 0.1) is 27.4 Å². The molecule has 0 spiro atoms. The number of hydrogen-bond donors (Lipinski definition) is 0. The molecule has 1 atom stereocenters. The Kier molecular flexibility index (Phi) is 7.72. The van der Waals surface area contributed by atoms with Gasteiger partial charge in [-0.3, -0.25) is 9.69 Å². The van der Waals surface area contributed by atoms with Gasteiger partial charge in [-0.05, 0) is 46.5 Å². The first-order valence-corrected chi connectivity index (χ1v) is 13.4. The highest BCUT2D eigenvalue weighted by Gasteiger charge is 2.31. The molecule has 0 N–H and O–H groups in total. The summed E-state index contributed by atoms with van der Waals surface area (Å²) in [6, 6.07) is 21.4. The quantitative estimate of drug-likeness (QED) is 0.417. The van der Waals surface area contributed by atoms with E-state index < -0.39 is 0 Å². The van der Waals surface area contributed by atoms with Gasteiger partial charge in [0, 0.05) is 42.9 Å². The molecular formula is C30H32N2O4S. The Labute approximate surface area is 222 Å². The lowest BCUT2D eigenvalue weighted by Crippen LogP contribution is -2.49. The molecule has 0 aliphatic carbocycles. The van der Waals surface area contributed by atoms with Gasteiger partial charge < -0.3 is 19.1 Å². The third kappa shape index (κ3) is 5.20. The monoisotopic (exact) mass is 516 g/mol. The van der Waals surface area contributed by atoms with E-state index in [1.54, 1.807) is 33.5 Å². The van der Waals surface area contributed by atoms with Crippen LogP contribution in [0.2, 0.25) is 0 Å². The van der Waals surface area contributed by atoms with Gasteiger partial charge in [-0.1, -0.05) is 42.5 Å². The molecule has 1 fully saturated rings. The van der Waals surface area contributed by atoms with E-state index >= 15 is 0 Å². The summed E-state index contributed by atoms with van der Waals surface area (Å²) in [7, 11) is 4.74. The molecule has 0 saturated carbocycles. The molecule has 1 amide bonds. The zero-order valence-electron chi connectivity index (χ0n) is 21.5. The number of amides is 1. The molecular weight excluding hydrogens is 484 g/mol. The van der Waals surface area contributed by atoms with Crippen LogP contribution in [-0.4, -0.2) is 63.2 Å². The maximum Gasteiger partial charge on any atom is 0.246 e. The number of methoxy groups -OCH3 is 3. The summed E-state index contributed by atoms with van der Waals surface area (Å²) >= 11 is 1.91. The molecule has 7 heteroatoms. The molecule has 1 unspecified atom stereocenters. The van der Waals surface area contributed by atoms with Crippen LogP contribution in [0.25, 0.3) is 6.08 Å². The predicted molar refractivity (Wildman–Crippen MR) is 148 cm³/mol. The summed E-state index contributed by atoms with van der Waals surface area (Å²) in [6.45, 7) is 3.02. The molecule has 2 aliphatic heterocycles. The van der Waals surface area contributed by atoms with Crippen LogP contribution < -0.4 is 14.2 Å². The van der Waals surface area contributed by atoms with Crippen molar-refractivity contribution in [1.29, 1.82) is 0 Å². The molecule has 0 aromatic heterocycles. The van der Waals surface area contributed by atoms with Crippen molar-refractivity contribution in [2.75, 3.05) is 47.5 Å². The number of benzene rings is 3. The third-order valence-electron chi connectivity index (χ3n) is 7.04. The van der Waals surface area contributed by atoms with E-state index in [-0.39, 0.29) is 11.9 Å². The number of ether oxygens (including phenoxy) is 3. The number of fused-ring (bicyclic) bond motifs is 2. The van der Waals surface area contributed by atoms with Gasteiger partial charge in [-0.25, -0.2) is 0 Å². The smallest absolute Gasteiger partial charge is 0.246 e. The van der Waals surface area contributed by atoms with Crippen molar-refractivity contribution in [2.24, 2.45) is 0 Å². The van der Waals surface area contributed by atoms with Gasteiger partial charge in [0.1, 0.15) is 0 Å². The van der Waals surface area contributed by atoms with Crippen molar-refractivity contribution in [1.82, 2.24) is 9.80 Å². The first-order chi connectivity index (χ1) is 18.1. The second-order valence-corrected chi connectivity index (χ2v) is 10.1. The first kappa shape index (κ1) is 25.2. The van der Waals surface area contributed by atoms with Crippen LogP contribution in [0.3, 0.4) is 0 Å². The highest BCUT2D eigenvalue weighted by Crippen LogP contribution is 2.42. The van der Waals surface area contributed by atoms with E-state index in [1.807, 2.05) is 28.8 Å². The van der Waals surface area contributed by atoms with E-state index in [1.165, 1.54) is 21.6 Å². The second-order valence-electron chi connectivity index (χ2n) is 9.08. The van der Waals surface area contributed by atoms with Crippen molar-refractivity contribution in [3.63, 3.8) is 0 Å². The Morgan fingerprint density at radius 3 is 2.19 bits per heavy atom. The molecule has 0 radical (unpaired) electrons. The normalized spacial score (nSPS) is 17.6. The molecule has 2 aliphatic rings. The topological polar surface area (TPSA) is 51.2 Å². The summed E-state index contributed by atoms with van der Waals surface area (Å²) in [5.41, 5.74) is 4.94. The average molecular weight is 517 g/mol.